The van der Waals surface area contributed by atoms with Crippen molar-refractivity contribution in [1.82, 2.24) is 20.4 Å². The molecule has 0 unspecified atom stereocenters. The van der Waals surface area contributed by atoms with Crippen LogP contribution in [-0.2, 0) is 6.54 Å². The Bertz CT molecular complexity index is 1040. The van der Waals surface area contributed by atoms with E-state index in [9.17, 15) is 4.79 Å². The predicted molar refractivity (Wildman–Crippen MR) is 120 cm³/mol. The summed E-state index contributed by atoms with van der Waals surface area (Å²) in [4.78, 5) is 19.4. The average Bonchev–Trinajstić information content (AvgIpc) is 3.31. The topological polar surface area (TPSA) is 71.3 Å². The first-order chi connectivity index (χ1) is 15.2. The number of carbonyl (C=O) groups is 1. The number of piperidine rings is 1. The number of benzene rings is 1. The molecule has 1 N–H and O–H groups in total. The molecule has 1 amide bonds. The Morgan fingerprint density at radius 2 is 2.00 bits per heavy atom. The smallest absolute Gasteiger partial charge is 0.290 e. The molecule has 162 valence electrons. The number of pyridine rings is 1. The summed E-state index contributed by atoms with van der Waals surface area (Å²) in [5.74, 6) is 0.527. The van der Waals surface area contributed by atoms with Crippen molar-refractivity contribution in [3.05, 3.63) is 59.6 Å². The van der Waals surface area contributed by atoms with Gasteiger partial charge in [-0.15, -0.1) is 0 Å². The quantitative estimate of drug-likeness (QED) is 0.652. The molecule has 0 radical (unpaired) electrons. The molecule has 2 fully saturated rings. The summed E-state index contributed by atoms with van der Waals surface area (Å²) in [7, 11) is 0. The van der Waals surface area contributed by atoms with Crippen LogP contribution in [0.3, 0.4) is 0 Å². The summed E-state index contributed by atoms with van der Waals surface area (Å²) in [5.41, 5.74) is 3.24. The minimum Gasteiger partial charge on any atom is -0.351 e. The van der Waals surface area contributed by atoms with Crippen molar-refractivity contribution in [2.45, 2.75) is 63.5 Å². The summed E-state index contributed by atoms with van der Waals surface area (Å²) in [6.45, 7) is 2.92. The van der Waals surface area contributed by atoms with Gasteiger partial charge in [-0.05, 0) is 56.0 Å². The predicted octanol–water partition coefficient (Wildman–Crippen LogP) is 4.66. The molecule has 1 aromatic carbocycles. The number of hydrogen-bond donors (Lipinski definition) is 1. The van der Waals surface area contributed by atoms with Crippen LogP contribution in [0.1, 0.15) is 72.7 Å². The number of amides is 1. The van der Waals surface area contributed by atoms with Crippen LogP contribution in [0.5, 0.6) is 0 Å². The van der Waals surface area contributed by atoms with E-state index >= 15 is 0 Å². The maximum Gasteiger partial charge on any atom is 0.290 e. The van der Waals surface area contributed by atoms with Gasteiger partial charge in [0.05, 0.1) is 11.2 Å². The van der Waals surface area contributed by atoms with E-state index in [2.05, 4.69) is 44.6 Å². The molecule has 0 bridgehead atoms. The minimum absolute atomic E-state index is 0.122. The first-order valence-electron chi connectivity index (χ1n) is 11.6. The van der Waals surface area contributed by atoms with Crippen molar-refractivity contribution in [1.29, 1.82) is 0 Å². The largest absolute Gasteiger partial charge is 0.351 e. The number of aromatic nitrogens is 2. The van der Waals surface area contributed by atoms with Gasteiger partial charge in [0.2, 0.25) is 5.76 Å². The van der Waals surface area contributed by atoms with E-state index < -0.39 is 0 Å². The van der Waals surface area contributed by atoms with Gasteiger partial charge in [0, 0.05) is 42.7 Å². The van der Waals surface area contributed by atoms with E-state index in [0.29, 0.717) is 11.7 Å². The lowest BCUT2D eigenvalue weighted by Crippen LogP contribution is -2.36. The third-order valence-electron chi connectivity index (χ3n) is 6.69. The Kier molecular flexibility index (Phi) is 5.98. The lowest BCUT2D eigenvalue weighted by molar-refractivity contribution is 0.0890. The standard InChI is InChI=1S/C25H30N4O2/c30-25(27-21-8-2-1-3-9-21)24-15-23(28-31-24)20-7-5-13-29(17-20)16-18-10-11-22-19(14-18)6-4-12-26-22/h4,6,10-12,14-15,20-21H,1-3,5,7-9,13,16-17H2,(H,27,30)/t20-/m1/s1. The number of likely N-dealkylation sites (tertiary alicyclic amines) is 1. The maximum atomic E-state index is 12.6. The van der Waals surface area contributed by atoms with E-state index in [1.165, 1.54) is 30.2 Å². The Hall–Kier alpha value is -2.73. The molecule has 2 aliphatic rings. The molecular weight excluding hydrogens is 388 g/mol. The molecule has 3 aromatic rings. The first kappa shape index (κ1) is 20.2. The highest BCUT2D eigenvalue weighted by molar-refractivity contribution is 5.91. The molecule has 6 nitrogen and oxygen atoms in total. The zero-order valence-corrected chi connectivity index (χ0v) is 17.9. The molecule has 2 aromatic heterocycles. The second-order valence-electron chi connectivity index (χ2n) is 9.03. The average molecular weight is 419 g/mol. The van der Waals surface area contributed by atoms with Gasteiger partial charge in [-0.25, -0.2) is 0 Å². The number of carbonyl (C=O) groups excluding carboxylic acids is 1. The highest BCUT2D eigenvalue weighted by atomic mass is 16.5. The van der Waals surface area contributed by atoms with Crippen LogP contribution >= 0.6 is 0 Å². The molecule has 1 saturated heterocycles. The Morgan fingerprint density at radius 1 is 1.10 bits per heavy atom. The normalized spacial score (nSPS) is 20.7. The van der Waals surface area contributed by atoms with E-state index in [0.717, 1.165) is 56.5 Å². The molecular formula is C25H30N4O2. The van der Waals surface area contributed by atoms with Crippen LogP contribution in [-0.4, -0.2) is 40.1 Å². The Balaban J connectivity index is 1.21. The Morgan fingerprint density at radius 3 is 2.90 bits per heavy atom. The summed E-state index contributed by atoms with van der Waals surface area (Å²) in [6, 6.07) is 12.7. The fraction of sp³-hybridized carbons (Fsp3) is 0.480. The third kappa shape index (κ3) is 4.79. The van der Waals surface area contributed by atoms with Crippen LogP contribution in [0.15, 0.2) is 47.1 Å². The van der Waals surface area contributed by atoms with E-state index in [1.807, 2.05) is 18.3 Å². The number of fused-ring (bicyclic) bond motifs is 1. The Labute approximate surface area is 183 Å². The zero-order chi connectivity index (χ0) is 21.0. The minimum atomic E-state index is -0.122. The van der Waals surface area contributed by atoms with Gasteiger partial charge in [0.15, 0.2) is 0 Å². The van der Waals surface area contributed by atoms with E-state index in [1.54, 1.807) is 0 Å². The molecule has 5 rings (SSSR count). The van der Waals surface area contributed by atoms with Crippen LogP contribution < -0.4 is 5.32 Å². The molecule has 0 spiro atoms. The lowest BCUT2D eigenvalue weighted by Gasteiger charge is -2.31. The number of nitrogens with zero attached hydrogens (tertiary/aromatic N) is 3. The molecule has 3 heterocycles. The van der Waals surface area contributed by atoms with Gasteiger partial charge in [-0.2, -0.15) is 0 Å². The van der Waals surface area contributed by atoms with Crippen molar-refractivity contribution < 1.29 is 9.32 Å². The number of hydrogen-bond acceptors (Lipinski definition) is 5. The fourth-order valence-electron chi connectivity index (χ4n) is 5.01. The maximum absolute atomic E-state index is 12.6. The lowest BCUT2D eigenvalue weighted by atomic mass is 9.94. The van der Waals surface area contributed by atoms with Crippen molar-refractivity contribution in [2.75, 3.05) is 13.1 Å². The molecule has 31 heavy (non-hydrogen) atoms. The monoisotopic (exact) mass is 418 g/mol. The SMILES string of the molecule is O=C(NC1CCCCC1)c1cc([C@@H]2CCCN(Cc3ccc4ncccc4c3)C2)no1. The van der Waals surface area contributed by atoms with Crippen molar-refractivity contribution in [3.63, 3.8) is 0 Å². The van der Waals surface area contributed by atoms with Crippen LogP contribution in [0.4, 0.5) is 0 Å². The number of rotatable bonds is 5. The third-order valence-corrected chi connectivity index (χ3v) is 6.69. The van der Waals surface area contributed by atoms with E-state index in [-0.39, 0.29) is 11.9 Å². The van der Waals surface area contributed by atoms with Crippen molar-refractivity contribution >= 4 is 16.8 Å². The van der Waals surface area contributed by atoms with Crippen LogP contribution in [0.2, 0.25) is 0 Å². The van der Waals surface area contributed by atoms with Gasteiger partial charge in [-0.3, -0.25) is 14.7 Å². The summed E-state index contributed by atoms with van der Waals surface area (Å²) in [6.07, 6.45) is 9.82. The summed E-state index contributed by atoms with van der Waals surface area (Å²) >= 11 is 0. The first-order valence-corrected chi connectivity index (χ1v) is 11.6. The summed E-state index contributed by atoms with van der Waals surface area (Å²) in [5, 5.41) is 8.56. The second-order valence-corrected chi connectivity index (χ2v) is 9.03. The van der Waals surface area contributed by atoms with Crippen molar-refractivity contribution in [2.24, 2.45) is 0 Å². The summed E-state index contributed by atoms with van der Waals surface area (Å²) < 4.78 is 5.44. The molecule has 1 saturated carbocycles. The molecule has 6 heteroatoms. The highest BCUT2D eigenvalue weighted by Gasteiger charge is 2.26. The van der Waals surface area contributed by atoms with Crippen LogP contribution in [0, 0.1) is 0 Å². The second kappa shape index (κ2) is 9.18. The van der Waals surface area contributed by atoms with E-state index in [4.69, 9.17) is 4.52 Å². The van der Waals surface area contributed by atoms with Gasteiger partial charge >= 0.3 is 0 Å². The van der Waals surface area contributed by atoms with Gasteiger partial charge in [0.1, 0.15) is 0 Å². The van der Waals surface area contributed by atoms with Gasteiger partial charge in [-0.1, -0.05) is 36.6 Å². The van der Waals surface area contributed by atoms with Gasteiger partial charge in [0.25, 0.3) is 5.91 Å². The molecule has 1 aliphatic heterocycles. The molecule has 1 atom stereocenters. The number of nitrogens with one attached hydrogen (secondary N) is 1. The zero-order valence-electron chi connectivity index (χ0n) is 17.9. The molecule has 1 aliphatic carbocycles. The van der Waals surface area contributed by atoms with Crippen LogP contribution in [0.25, 0.3) is 10.9 Å². The van der Waals surface area contributed by atoms with Gasteiger partial charge < -0.3 is 9.84 Å². The fourth-order valence-corrected chi connectivity index (χ4v) is 5.01. The highest BCUT2D eigenvalue weighted by Crippen LogP contribution is 2.28. The van der Waals surface area contributed by atoms with Crippen molar-refractivity contribution in [3.8, 4) is 0 Å².